The summed E-state index contributed by atoms with van der Waals surface area (Å²) in [4.78, 5) is 0. The zero-order chi connectivity index (χ0) is 11.6. The van der Waals surface area contributed by atoms with Gasteiger partial charge < -0.3 is 0 Å². The molecule has 1 fully saturated rings. The molecule has 1 saturated heterocycles. The molecule has 1 aliphatic heterocycles. The molecule has 0 aliphatic carbocycles. The van der Waals surface area contributed by atoms with Gasteiger partial charge in [0, 0.05) is 19.3 Å². The van der Waals surface area contributed by atoms with E-state index in [1.165, 1.54) is 12.8 Å². The van der Waals surface area contributed by atoms with E-state index in [-0.39, 0.29) is 0 Å². The molecular weight excluding hydrogens is 194 g/mol. The van der Waals surface area contributed by atoms with Crippen LogP contribution < -0.4 is 0 Å². The topological polar surface area (TPSA) is 20.3 Å². The third-order valence-electron chi connectivity index (χ3n) is 2.11. The molecular formula is C11H27NOS. The van der Waals surface area contributed by atoms with Crippen LogP contribution in [0.2, 0.25) is 0 Å². The molecule has 0 aromatic carbocycles. The van der Waals surface area contributed by atoms with Gasteiger partial charge in [0.25, 0.3) is 0 Å². The van der Waals surface area contributed by atoms with Crippen LogP contribution in [0.3, 0.4) is 0 Å². The van der Waals surface area contributed by atoms with Gasteiger partial charge in [-0.15, -0.1) is 0 Å². The van der Waals surface area contributed by atoms with Gasteiger partial charge in [0.2, 0.25) is 0 Å². The van der Waals surface area contributed by atoms with Crippen molar-refractivity contribution >= 4 is 11.0 Å². The van der Waals surface area contributed by atoms with Crippen LogP contribution in [0.4, 0.5) is 0 Å². The minimum absolute atomic E-state index is 0.734. The molecule has 3 heteroatoms. The lowest BCUT2D eigenvalue weighted by Gasteiger charge is -2.27. The highest BCUT2D eigenvalue weighted by Crippen LogP contribution is 2.16. The van der Waals surface area contributed by atoms with Gasteiger partial charge in [0.15, 0.2) is 0 Å². The molecule has 1 unspecified atom stereocenters. The summed E-state index contributed by atoms with van der Waals surface area (Å²) in [5, 5.41) is 0. The van der Waals surface area contributed by atoms with Gasteiger partial charge in [-0.3, -0.25) is 0 Å². The Hall–Kier alpha value is 0.110. The predicted octanol–water partition coefficient (Wildman–Crippen LogP) is 3.06. The third-order valence-corrected chi connectivity index (χ3v) is 3.20. The molecule has 0 saturated carbocycles. The van der Waals surface area contributed by atoms with Crippen molar-refractivity contribution in [2.24, 2.45) is 5.92 Å². The summed E-state index contributed by atoms with van der Waals surface area (Å²) in [6, 6.07) is 0. The molecule has 2 nitrogen and oxygen atoms in total. The first-order valence-electron chi connectivity index (χ1n) is 5.78. The maximum atomic E-state index is 10.9. The highest BCUT2D eigenvalue weighted by atomic mass is 32.2. The van der Waals surface area contributed by atoms with E-state index in [4.69, 9.17) is 0 Å². The zero-order valence-corrected chi connectivity index (χ0v) is 11.5. The van der Waals surface area contributed by atoms with Crippen LogP contribution in [0, 0.1) is 5.92 Å². The van der Waals surface area contributed by atoms with E-state index >= 15 is 0 Å². The van der Waals surface area contributed by atoms with Crippen LogP contribution in [0.5, 0.6) is 0 Å². The Morgan fingerprint density at radius 1 is 1.07 bits per heavy atom. The summed E-state index contributed by atoms with van der Waals surface area (Å²) < 4.78 is 13.0. The molecule has 0 radical (unpaired) electrons. The standard InChI is InChI=1S/C7H15NOS.2C2H6/c1-7-3-5-8(6-4-7)10(2)9;2*1-2/h7H,3-6H2,1-2H3;2*1-2H3. The predicted molar refractivity (Wildman–Crippen MR) is 66.7 cm³/mol. The molecule has 14 heavy (non-hydrogen) atoms. The van der Waals surface area contributed by atoms with E-state index in [1.54, 1.807) is 6.26 Å². The average molecular weight is 221 g/mol. The average Bonchev–Trinajstić information content (AvgIpc) is 2.24. The minimum atomic E-state index is -0.734. The van der Waals surface area contributed by atoms with Crippen LogP contribution in [0.25, 0.3) is 0 Å². The van der Waals surface area contributed by atoms with Gasteiger partial charge >= 0.3 is 0 Å². The summed E-state index contributed by atoms with van der Waals surface area (Å²) in [5.74, 6) is 0.833. The number of nitrogens with zero attached hydrogens (tertiary/aromatic N) is 1. The van der Waals surface area contributed by atoms with Gasteiger partial charge in [-0.2, -0.15) is 0 Å². The quantitative estimate of drug-likeness (QED) is 0.666. The number of hydrogen-bond donors (Lipinski definition) is 0. The van der Waals surface area contributed by atoms with E-state index in [0.29, 0.717) is 0 Å². The molecule has 0 aromatic heterocycles. The molecule has 1 aliphatic rings. The first kappa shape index (κ1) is 16.5. The smallest absolute Gasteiger partial charge is 0.0910 e. The molecule has 1 rings (SSSR count). The van der Waals surface area contributed by atoms with E-state index in [0.717, 1.165) is 19.0 Å². The molecule has 0 aromatic rings. The Bertz CT molecular complexity index is 131. The molecule has 0 spiro atoms. The van der Waals surface area contributed by atoms with Gasteiger partial charge in [-0.05, 0) is 18.8 Å². The summed E-state index contributed by atoms with van der Waals surface area (Å²) in [6.07, 6.45) is 4.18. The lowest BCUT2D eigenvalue weighted by Crippen LogP contribution is -2.33. The fraction of sp³-hybridized carbons (Fsp3) is 1.00. The van der Waals surface area contributed by atoms with Crippen LogP contribution in [0.1, 0.15) is 47.5 Å². The van der Waals surface area contributed by atoms with E-state index < -0.39 is 11.0 Å². The second-order valence-corrected chi connectivity index (χ2v) is 4.40. The summed E-state index contributed by atoms with van der Waals surface area (Å²) in [7, 11) is -0.734. The van der Waals surface area contributed by atoms with Crippen LogP contribution in [0.15, 0.2) is 0 Å². The maximum Gasteiger partial charge on any atom is 0.0910 e. The summed E-state index contributed by atoms with van der Waals surface area (Å²) >= 11 is 0. The minimum Gasteiger partial charge on any atom is -0.243 e. The third kappa shape index (κ3) is 7.51. The van der Waals surface area contributed by atoms with Gasteiger partial charge in [-0.25, -0.2) is 8.51 Å². The van der Waals surface area contributed by atoms with Crippen molar-refractivity contribution in [1.82, 2.24) is 4.31 Å². The van der Waals surface area contributed by atoms with Crippen molar-refractivity contribution in [2.45, 2.75) is 47.5 Å². The highest BCUT2D eigenvalue weighted by Gasteiger charge is 2.17. The van der Waals surface area contributed by atoms with Crippen molar-refractivity contribution in [2.75, 3.05) is 19.3 Å². The normalized spacial score (nSPS) is 19.9. The van der Waals surface area contributed by atoms with Crippen LogP contribution in [-0.4, -0.2) is 27.9 Å². The lowest BCUT2D eigenvalue weighted by atomic mass is 10.0. The Labute approximate surface area is 92.7 Å². The van der Waals surface area contributed by atoms with Crippen LogP contribution >= 0.6 is 0 Å². The lowest BCUT2D eigenvalue weighted by molar-refractivity contribution is 0.300. The van der Waals surface area contributed by atoms with Crippen molar-refractivity contribution in [3.63, 3.8) is 0 Å². The Morgan fingerprint density at radius 3 is 1.71 bits per heavy atom. The Balaban J connectivity index is 0. The van der Waals surface area contributed by atoms with E-state index in [9.17, 15) is 4.21 Å². The largest absolute Gasteiger partial charge is 0.243 e. The second kappa shape index (κ2) is 11.2. The number of rotatable bonds is 1. The maximum absolute atomic E-state index is 10.9. The SMILES string of the molecule is CC.CC.CC1CCN(S(C)=O)CC1. The van der Waals surface area contributed by atoms with Gasteiger partial charge in [0.05, 0.1) is 11.0 Å². The monoisotopic (exact) mass is 221 g/mol. The first-order valence-corrected chi connectivity index (χ1v) is 7.30. The second-order valence-electron chi connectivity index (χ2n) is 3.04. The summed E-state index contributed by atoms with van der Waals surface area (Å²) in [6.45, 7) is 12.3. The molecule has 0 bridgehead atoms. The number of hydrogen-bond acceptors (Lipinski definition) is 1. The summed E-state index contributed by atoms with van der Waals surface area (Å²) in [5.41, 5.74) is 0. The Kier molecular flexibility index (Phi) is 13.2. The highest BCUT2D eigenvalue weighted by molar-refractivity contribution is 7.81. The zero-order valence-electron chi connectivity index (χ0n) is 10.7. The first-order chi connectivity index (χ1) is 6.70. The van der Waals surface area contributed by atoms with E-state index in [2.05, 4.69) is 6.92 Å². The molecule has 88 valence electrons. The van der Waals surface area contributed by atoms with Crippen molar-refractivity contribution in [1.29, 1.82) is 0 Å². The molecule has 1 heterocycles. The Morgan fingerprint density at radius 2 is 1.43 bits per heavy atom. The van der Waals surface area contributed by atoms with Gasteiger partial charge in [-0.1, -0.05) is 34.6 Å². The van der Waals surface area contributed by atoms with Crippen molar-refractivity contribution in [3.05, 3.63) is 0 Å². The van der Waals surface area contributed by atoms with E-state index in [1.807, 2.05) is 32.0 Å². The number of piperidine rings is 1. The molecule has 0 amide bonds. The fourth-order valence-electron chi connectivity index (χ4n) is 1.24. The molecule has 0 N–H and O–H groups in total. The molecule has 1 atom stereocenters. The van der Waals surface area contributed by atoms with Gasteiger partial charge in [0.1, 0.15) is 0 Å². The van der Waals surface area contributed by atoms with Crippen molar-refractivity contribution < 1.29 is 4.21 Å². The van der Waals surface area contributed by atoms with Crippen LogP contribution in [-0.2, 0) is 11.0 Å². The fourth-order valence-corrected chi connectivity index (χ4v) is 1.97. The van der Waals surface area contributed by atoms with Crippen molar-refractivity contribution in [3.8, 4) is 0 Å².